The lowest BCUT2D eigenvalue weighted by Crippen LogP contribution is -2.18. The van der Waals surface area contributed by atoms with E-state index in [9.17, 15) is 9.59 Å². The maximum atomic E-state index is 11.5. The molecule has 0 saturated carbocycles. The Morgan fingerprint density at radius 3 is 2.76 bits per heavy atom. The van der Waals surface area contributed by atoms with Gasteiger partial charge in [-0.15, -0.1) is 11.3 Å². The third-order valence-corrected chi connectivity index (χ3v) is 2.63. The van der Waals surface area contributed by atoms with Crippen molar-refractivity contribution >= 4 is 23.3 Å². The van der Waals surface area contributed by atoms with Crippen molar-refractivity contribution < 1.29 is 19.1 Å². The largest absolute Gasteiger partial charge is 0.463 e. The van der Waals surface area contributed by atoms with Crippen LogP contribution in [-0.4, -0.2) is 23.5 Å². The van der Waals surface area contributed by atoms with Crippen molar-refractivity contribution in [2.75, 3.05) is 6.61 Å². The van der Waals surface area contributed by atoms with Crippen LogP contribution in [0.1, 0.15) is 25.0 Å². The summed E-state index contributed by atoms with van der Waals surface area (Å²) in [5.41, 5.74) is 0.0667. The van der Waals surface area contributed by atoms with E-state index in [2.05, 4.69) is 11.6 Å². The van der Waals surface area contributed by atoms with Gasteiger partial charge >= 0.3 is 11.9 Å². The van der Waals surface area contributed by atoms with Gasteiger partial charge in [-0.25, -0.2) is 9.78 Å². The molecule has 1 aromatic rings. The van der Waals surface area contributed by atoms with Crippen molar-refractivity contribution in [1.29, 1.82) is 0 Å². The molecule has 6 heteroatoms. The lowest BCUT2D eigenvalue weighted by Gasteiger charge is -2.15. The smallest absolute Gasteiger partial charge is 0.337 e. The van der Waals surface area contributed by atoms with Crippen molar-refractivity contribution in [1.82, 2.24) is 4.98 Å². The number of thiazole rings is 1. The molecule has 0 spiro atoms. The number of rotatable bonds is 5. The van der Waals surface area contributed by atoms with Gasteiger partial charge in [0.05, 0.1) is 12.2 Å². The fourth-order valence-electron chi connectivity index (χ4n) is 1.13. The normalized spacial score (nSPS) is 11.6. The standard InChI is InChI=1S/C11H13NO4S/c1-4-15-11(14)7(2)9(16-8(3)13)10-12-5-6-17-10/h5-6,9H,2,4H2,1,3H3. The number of nitrogens with zero attached hydrogens (tertiary/aromatic N) is 1. The van der Waals surface area contributed by atoms with E-state index in [0.717, 1.165) is 0 Å². The van der Waals surface area contributed by atoms with Crippen LogP contribution in [0.25, 0.3) is 0 Å². The quantitative estimate of drug-likeness (QED) is 0.593. The van der Waals surface area contributed by atoms with E-state index in [4.69, 9.17) is 9.47 Å². The summed E-state index contributed by atoms with van der Waals surface area (Å²) >= 11 is 1.28. The Morgan fingerprint density at radius 1 is 1.59 bits per heavy atom. The van der Waals surface area contributed by atoms with E-state index in [1.165, 1.54) is 18.3 Å². The van der Waals surface area contributed by atoms with Crippen LogP contribution >= 0.6 is 11.3 Å². The Balaban J connectivity index is 2.87. The molecule has 0 saturated heterocycles. The maximum absolute atomic E-state index is 11.5. The van der Waals surface area contributed by atoms with Gasteiger partial charge in [-0.3, -0.25) is 4.79 Å². The number of hydrogen-bond acceptors (Lipinski definition) is 6. The molecule has 1 unspecified atom stereocenters. The summed E-state index contributed by atoms with van der Waals surface area (Å²) in [4.78, 5) is 26.5. The fraction of sp³-hybridized carbons (Fsp3) is 0.364. The topological polar surface area (TPSA) is 65.5 Å². The minimum Gasteiger partial charge on any atom is -0.463 e. The SMILES string of the molecule is C=C(C(=O)OCC)C(OC(C)=O)c1nccs1. The molecule has 1 atom stereocenters. The predicted octanol–water partition coefficient (Wildman–Crippen LogP) is 1.87. The lowest BCUT2D eigenvalue weighted by molar-refractivity contribution is -0.147. The summed E-state index contributed by atoms with van der Waals surface area (Å²) in [6.45, 7) is 6.79. The summed E-state index contributed by atoms with van der Waals surface area (Å²) < 4.78 is 9.84. The maximum Gasteiger partial charge on any atom is 0.337 e. The molecule has 5 nitrogen and oxygen atoms in total. The third kappa shape index (κ3) is 3.67. The van der Waals surface area contributed by atoms with Crippen LogP contribution in [0.4, 0.5) is 0 Å². The Labute approximate surface area is 103 Å². The van der Waals surface area contributed by atoms with Gasteiger partial charge in [-0.2, -0.15) is 0 Å². The van der Waals surface area contributed by atoms with Gasteiger partial charge in [0, 0.05) is 18.5 Å². The van der Waals surface area contributed by atoms with Gasteiger partial charge in [0.25, 0.3) is 0 Å². The molecule has 1 rings (SSSR count). The van der Waals surface area contributed by atoms with Crippen LogP contribution in [0.15, 0.2) is 23.7 Å². The second-order valence-corrected chi connectivity index (χ2v) is 4.03. The zero-order valence-corrected chi connectivity index (χ0v) is 10.5. The van der Waals surface area contributed by atoms with Crippen LogP contribution in [-0.2, 0) is 19.1 Å². The van der Waals surface area contributed by atoms with Crippen molar-refractivity contribution in [3.05, 3.63) is 28.7 Å². The molecule has 0 bridgehead atoms. The summed E-state index contributed by atoms with van der Waals surface area (Å²) in [5, 5.41) is 2.22. The highest BCUT2D eigenvalue weighted by Gasteiger charge is 2.26. The highest BCUT2D eigenvalue weighted by atomic mass is 32.1. The summed E-state index contributed by atoms with van der Waals surface area (Å²) in [6.07, 6.45) is 0.695. The first-order valence-corrected chi connectivity index (χ1v) is 5.86. The van der Waals surface area contributed by atoms with Gasteiger partial charge in [-0.05, 0) is 6.92 Å². The van der Waals surface area contributed by atoms with E-state index >= 15 is 0 Å². The van der Waals surface area contributed by atoms with Crippen LogP contribution < -0.4 is 0 Å². The number of aromatic nitrogens is 1. The first-order valence-electron chi connectivity index (χ1n) is 4.98. The summed E-state index contributed by atoms with van der Waals surface area (Å²) in [7, 11) is 0. The molecule has 0 aromatic carbocycles. The van der Waals surface area contributed by atoms with E-state index in [1.54, 1.807) is 18.5 Å². The average molecular weight is 255 g/mol. The first-order chi connectivity index (χ1) is 8.06. The van der Waals surface area contributed by atoms with Crippen LogP contribution in [0, 0.1) is 0 Å². The van der Waals surface area contributed by atoms with Crippen LogP contribution in [0.2, 0.25) is 0 Å². The molecule has 0 N–H and O–H groups in total. The molecule has 17 heavy (non-hydrogen) atoms. The molecule has 0 aliphatic rings. The summed E-state index contributed by atoms with van der Waals surface area (Å²) in [6, 6.07) is 0. The van der Waals surface area contributed by atoms with Crippen molar-refractivity contribution in [3.63, 3.8) is 0 Å². The highest BCUT2D eigenvalue weighted by molar-refractivity contribution is 7.09. The highest BCUT2D eigenvalue weighted by Crippen LogP contribution is 2.27. The molecule has 92 valence electrons. The van der Waals surface area contributed by atoms with Crippen LogP contribution in [0.3, 0.4) is 0 Å². The second-order valence-electron chi connectivity index (χ2n) is 3.11. The molecule has 0 fully saturated rings. The molecule has 0 aliphatic heterocycles. The zero-order valence-electron chi connectivity index (χ0n) is 9.63. The molecule has 1 aromatic heterocycles. The van der Waals surface area contributed by atoms with E-state index < -0.39 is 18.0 Å². The number of carbonyl (C=O) groups excluding carboxylic acids is 2. The Bertz CT molecular complexity index is 413. The van der Waals surface area contributed by atoms with Crippen molar-refractivity contribution in [3.8, 4) is 0 Å². The molecular weight excluding hydrogens is 242 g/mol. The van der Waals surface area contributed by atoms with Gasteiger partial charge < -0.3 is 9.47 Å². The van der Waals surface area contributed by atoms with Gasteiger partial charge in [0.1, 0.15) is 5.01 Å². The molecule has 0 radical (unpaired) electrons. The minimum absolute atomic E-state index is 0.0667. The lowest BCUT2D eigenvalue weighted by atomic mass is 10.2. The molecule has 1 heterocycles. The number of carbonyl (C=O) groups is 2. The average Bonchev–Trinajstić information content (AvgIpc) is 2.78. The van der Waals surface area contributed by atoms with E-state index in [-0.39, 0.29) is 12.2 Å². The summed E-state index contributed by atoms with van der Waals surface area (Å²) in [5.74, 6) is -1.09. The number of esters is 2. The van der Waals surface area contributed by atoms with Gasteiger partial charge in [0.15, 0.2) is 6.10 Å². The number of hydrogen-bond donors (Lipinski definition) is 0. The van der Waals surface area contributed by atoms with E-state index in [0.29, 0.717) is 5.01 Å². The minimum atomic E-state index is -0.869. The predicted molar refractivity (Wildman–Crippen MR) is 62.4 cm³/mol. The van der Waals surface area contributed by atoms with Gasteiger partial charge in [0.2, 0.25) is 0 Å². The van der Waals surface area contributed by atoms with Crippen molar-refractivity contribution in [2.45, 2.75) is 20.0 Å². The Kier molecular flexibility index (Phi) is 4.84. The third-order valence-electron chi connectivity index (χ3n) is 1.81. The van der Waals surface area contributed by atoms with E-state index in [1.807, 2.05) is 0 Å². The molecule has 0 aliphatic carbocycles. The Hall–Kier alpha value is -1.69. The van der Waals surface area contributed by atoms with Crippen molar-refractivity contribution in [2.24, 2.45) is 0 Å². The fourth-order valence-corrected chi connectivity index (χ4v) is 1.83. The molecule has 0 amide bonds. The van der Waals surface area contributed by atoms with Gasteiger partial charge in [-0.1, -0.05) is 6.58 Å². The second kappa shape index (κ2) is 6.15. The zero-order chi connectivity index (χ0) is 12.8. The monoisotopic (exact) mass is 255 g/mol. The van der Waals surface area contributed by atoms with Crippen LogP contribution in [0.5, 0.6) is 0 Å². The Morgan fingerprint density at radius 2 is 2.29 bits per heavy atom. The first kappa shape index (κ1) is 13.4. The molecular formula is C11H13NO4S. The number of ether oxygens (including phenoxy) is 2.